The highest BCUT2D eigenvalue weighted by molar-refractivity contribution is 5.98. The van der Waals surface area contributed by atoms with E-state index in [0.717, 1.165) is 85.2 Å². The zero-order valence-corrected chi connectivity index (χ0v) is 27.0. The van der Waals surface area contributed by atoms with Gasteiger partial charge in [-0.15, -0.1) is 0 Å². The van der Waals surface area contributed by atoms with Crippen LogP contribution in [0.5, 0.6) is 11.5 Å². The molecular weight excluding hydrogens is 546 g/mol. The number of amides is 1. The molecule has 0 atom stereocenters. The van der Waals surface area contributed by atoms with Gasteiger partial charge in [-0.2, -0.15) is 0 Å². The molecule has 5 rings (SSSR count). The van der Waals surface area contributed by atoms with Gasteiger partial charge in [-0.3, -0.25) is 4.79 Å². The number of ether oxygens (including phenoxy) is 1. The number of hydrogen-bond acceptors (Lipinski definition) is 5. The van der Waals surface area contributed by atoms with Crippen LogP contribution >= 0.6 is 0 Å². The summed E-state index contributed by atoms with van der Waals surface area (Å²) in [7, 11) is 0. The Kier molecular flexibility index (Phi) is 10.9. The summed E-state index contributed by atoms with van der Waals surface area (Å²) in [4.78, 5) is 23.4. The number of aryl methyl sites for hydroxylation is 1. The molecule has 2 heterocycles. The number of imidazole rings is 1. The van der Waals surface area contributed by atoms with Crippen LogP contribution in [0.1, 0.15) is 70.2 Å². The smallest absolute Gasteiger partial charge is 0.253 e. The molecule has 44 heavy (non-hydrogen) atoms. The van der Waals surface area contributed by atoms with Crippen LogP contribution in [-0.2, 0) is 6.54 Å². The van der Waals surface area contributed by atoms with E-state index in [0.29, 0.717) is 11.8 Å². The van der Waals surface area contributed by atoms with E-state index < -0.39 is 0 Å². The average molecular weight is 596 g/mol. The zero-order chi connectivity index (χ0) is 30.9. The summed E-state index contributed by atoms with van der Waals surface area (Å²) in [6, 6.07) is 23.8. The summed E-state index contributed by atoms with van der Waals surface area (Å²) in [5.74, 6) is 3.60. The third-order valence-corrected chi connectivity index (χ3v) is 8.38. The van der Waals surface area contributed by atoms with Crippen molar-refractivity contribution < 1.29 is 9.53 Å². The summed E-state index contributed by atoms with van der Waals surface area (Å²) < 4.78 is 8.24. The summed E-state index contributed by atoms with van der Waals surface area (Å²) in [6.07, 6.45) is 5.62. The maximum atomic E-state index is 13.8. The van der Waals surface area contributed by atoms with Gasteiger partial charge >= 0.3 is 0 Å². The largest absolute Gasteiger partial charge is 0.457 e. The van der Waals surface area contributed by atoms with Crippen molar-refractivity contribution in [2.45, 2.75) is 66.3 Å². The molecule has 0 saturated carbocycles. The number of benzene rings is 3. The molecule has 1 fully saturated rings. The number of nitrogens with zero attached hydrogens (tertiary/aromatic N) is 4. The number of anilines is 2. The number of carbonyl (C=O) groups is 1. The van der Waals surface area contributed by atoms with E-state index in [1.54, 1.807) is 0 Å². The van der Waals surface area contributed by atoms with Gasteiger partial charge in [0.25, 0.3) is 5.91 Å². The Balaban J connectivity index is 1.39. The quantitative estimate of drug-likeness (QED) is 0.149. The molecule has 1 aromatic heterocycles. The second-order valence-corrected chi connectivity index (χ2v) is 12.9. The topological polar surface area (TPSA) is 62.6 Å². The molecule has 0 spiro atoms. The molecule has 4 aromatic rings. The predicted octanol–water partition coefficient (Wildman–Crippen LogP) is 8.59. The number of hydrogen-bond donors (Lipinski definition) is 1. The SMILES string of the molecule is CC(C)CCN(CCC(C)C)C(=O)c1ccc2nc(Nc3ccc(Oc4ccccc4)cc3)n(CCCN3CCCC3)c2c1. The minimum absolute atomic E-state index is 0.113. The van der Waals surface area contributed by atoms with E-state index in [4.69, 9.17) is 9.72 Å². The summed E-state index contributed by atoms with van der Waals surface area (Å²) in [5, 5.41) is 3.56. The molecule has 1 saturated heterocycles. The lowest BCUT2D eigenvalue weighted by atomic mass is 10.1. The first-order valence-corrected chi connectivity index (χ1v) is 16.5. The first kappa shape index (κ1) is 31.6. The second-order valence-electron chi connectivity index (χ2n) is 12.9. The van der Waals surface area contributed by atoms with Gasteiger partial charge in [0, 0.05) is 30.9 Å². The Morgan fingerprint density at radius 3 is 2.18 bits per heavy atom. The minimum Gasteiger partial charge on any atom is -0.457 e. The molecule has 0 radical (unpaired) electrons. The van der Waals surface area contributed by atoms with Gasteiger partial charge < -0.3 is 24.4 Å². The lowest BCUT2D eigenvalue weighted by Crippen LogP contribution is -2.34. The Bertz CT molecular complexity index is 1460. The highest BCUT2D eigenvalue weighted by Crippen LogP contribution is 2.28. The lowest BCUT2D eigenvalue weighted by Gasteiger charge is -2.25. The van der Waals surface area contributed by atoms with Crippen molar-refractivity contribution in [2.75, 3.05) is 38.0 Å². The van der Waals surface area contributed by atoms with E-state index in [9.17, 15) is 4.79 Å². The number of para-hydroxylation sites is 1. The summed E-state index contributed by atoms with van der Waals surface area (Å²) in [5.41, 5.74) is 3.56. The van der Waals surface area contributed by atoms with Crippen LogP contribution < -0.4 is 10.1 Å². The second kappa shape index (κ2) is 15.2. The third kappa shape index (κ3) is 8.63. The number of likely N-dealkylation sites (tertiary alicyclic amines) is 1. The predicted molar refractivity (Wildman–Crippen MR) is 181 cm³/mol. The molecular formula is C37H49N5O2. The number of nitrogens with one attached hydrogen (secondary N) is 1. The van der Waals surface area contributed by atoms with Crippen LogP contribution in [0, 0.1) is 11.8 Å². The molecule has 1 amide bonds. The Morgan fingerprint density at radius 2 is 1.52 bits per heavy atom. The van der Waals surface area contributed by atoms with Crippen molar-refractivity contribution >= 4 is 28.6 Å². The summed E-state index contributed by atoms with van der Waals surface area (Å²) >= 11 is 0. The molecule has 234 valence electrons. The zero-order valence-electron chi connectivity index (χ0n) is 27.0. The molecule has 0 aliphatic carbocycles. The fourth-order valence-electron chi connectivity index (χ4n) is 5.72. The van der Waals surface area contributed by atoms with Crippen LogP contribution in [0.2, 0.25) is 0 Å². The first-order chi connectivity index (χ1) is 21.4. The molecule has 3 aromatic carbocycles. The van der Waals surface area contributed by atoms with Crippen LogP contribution in [0.4, 0.5) is 11.6 Å². The molecule has 0 unspecified atom stereocenters. The molecule has 7 nitrogen and oxygen atoms in total. The molecule has 0 bridgehead atoms. The molecule has 1 aliphatic rings. The minimum atomic E-state index is 0.113. The first-order valence-electron chi connectivity index (χ1n) is 16.5. The average Bonchev–Trinajstić information content (AvgIpc) is 3.66. The Hall–Kier alpha value is -3.84. The fourth-order valence-corrected chi connectivity index (χ4v) is 5.72. The molecule has 1 aliphatic heterocycles. The highest BCUT2D eigenvalue weighted by Gasteiger charge is 2.20. The van der Waals surface area contributed by atoms with E-state index in [-0.39, 0.29) is 5.91 Å². The number of rotatable bonds is 15. The van der Waals surface area contributed by atoms with Crippen molar-refractivity contribution in [1.82, 2.24) is 19.4 Å². The van der Waals surface area contributed by atoms with Gasteiger partial charge in [-0.25, -0.2) is 4.98 Å². The third-order valence-electron chi connectivity index (χ3n) is 8.38. The Morgan fingerprint density at radius 1 is 0.864 bits per heavy atom. The van der Waals surface area contributed by atoms with Gasteiger partial charge in [-0.1, -0.05) is 45.9 Å². The van der Waals surface area contributed by atoms with Crippen LogP contribution in [0.25, 0.3) is 11.0 Å². The van der Waals surface area contributed by atoms with Crippen LogP contribution in [0.15, 0.2) is 72.8 Å². The van der Waals surface area contributed by atoms with Gasteiger partial charge in [0.2, 0.25) is 5.95 Å². The van der Waals surface area contributed by atoms with Crippen LogP contribution in [0.3, 0.4) is 0 Å². The van der Waals surface area contributed by atoms with Crippen molar-refractivity contribution in [3.63, 3.8) is 0 Å². The van der Waals surface area contributed by atoms with Crippen molar-refractivity contribution in [3.8, 4) is 11.5 Å². The number of carbonyl (C=O) groups excluding carboxylic acids is 1. The van der Waals surface area contributed by atoms with Gasteiger partial charge in [0.1, 0.15) is 11.5 Å². The van der Waals surface area contributed by atoms with Crippen molar-refractivity contribution in [1.29, 1.82) is 0 Å². The van der Waals surface area contributed by atoms with Gasteiger partial charge in [0.05, 0.1) is 11.0 Å². The van der Waals surface area contributed by atoms with Crippen LogP contribution in [-0.4, -0.2) is 58.0 Å². The van der Waals surface area contributed by atoms with E-state index >= 15 is 0 Å². The maximum absolute atomic E-state index is 13.8. The van der Waals surface area contributed by atoms with E-state index in [2.05, 4.69) is 48.5 Å². The molecule has 1 N–H and O–H groups in total. The number of aromatic nitrogens is 2. The lowest BCUT2D eigenvalue weighted by molar-refractivity contribution is 0.0741. The van der Waals surface area contributed by atoms with Crippen molar-refractivity contribution in [3.05, 3.63) is 78.4 Å². The van der Waals surface area contributed by atoms with E-state index in [1.807, 2.05) is 71.6 Å². The standard InChI is InChI=1S/C37H49N5O2/c1-28(2)19-25-41(26-20-29(3)4)36(43)30-13-18-34-35(27-30)42(24-10-23-40-21-8-9-22-40)37(39-34)38-31-14-16-33(17-15-31)44-32-11-6-5-7-12-32/h5-7,11-18,27-29H,8-10,19-26H2,1-4H3,(H,38,39). The van der Waals surface area contributed by atoms with Crippen molar-refractivity contribution in [2.24, 2.45) is 11.8 Å². The monoisotopic (exact) mass is 595 g/mol. The normalized spacial score (nSPS) is 13.7. The van der Waals surface area contributed by atoms with E-state index in [1.165, 1.54) is 25.9 Å². The van der Waals surface area contributed by atoms with Gasteiger partial charge in [-0.05, 0) is 118 Å². The summed E-state index contributed by atoms with van der Waals surface area (Å²) in [6.45, 7) is 14.7. The van der Waals surface area contributed by atoms with Gasteiger partial charge in [0.15, 0.2) is 0 Å². The number of fused-ring (bicyclic) bond motifs is 1. The molecule has 7 heteroatoms. The Labute approximate surface area is 263 Å². The maximum Gasteiger partial charge on any atom is 0.253 e. The highest BCUT2D eigenvalue weighted by atomic mass is 16.5. The fraction of sp³-hybridized carbons (Fsp3) is 0.459.